The molecule has 22 heavy (non-hydrogen) atoms. The molecule has 6 nitrogen and oxygen atoms in total. The predicted octanol–water partition coefficient (Wildman–Crippen LogP) is 3.34. The lowest BCUT2D eigenvalue weighted by Gasteiger charge is -2.43. The molecule has 0 N–H and O–H groups in total. The third-order valence-corrected chi connectivity index (χ3v) is 7.10. The molecular formula is C15H23NO5S. The Hall–Kier alpha value is -1.60. The summed E-state index contributed by atoms with van der Waals surface area (Å²) in [5.74, 6) is -0.161. The van der Waals surface area contributed by atoms with Crippen LogP contribution in [0.5, 0.6) is 5.75 Å². The first-order valence-electron chi connectivity index (χ1n) is 6.80. The van der Waals surface area contributed by atoms with Gasteiger partial charge in [-0.1, -0.05) is 32.9 Å². The van der Waals surface area contributed by atoms with Crippen LogP contribution in [0.3, 0.4) is 0 Å². The molecule has 0 saturated heterocycles. The lowest BCUT2D eigenvalue weighted by Crippen LogP contribution is -2.28. The molecule has 0 unspecified atom stereocenters. The first kappa shape index (κ1) is 18.4. The van der Waals surface area contributed by atoms with Crippen LogP contribution in [-0.2, 0) is 8.98 Å². The van der Waals surface area contributed by atoms with E-state index >= 15 is 0 Å². The summed E-state index contributed by atoms with van der Waals surface area (Å²) >= 11 is 0. The third-order valence-electron chi connectivity index (χ3n) is 3.44. The van der Waals surface area contributed by atoms with E-state index in [9.17, 15) is 14.9 Å². The molecule has 0 aliphatic rings. The van der Waals surface area contributed by atoms with Gasteiger partial charge >= 0.3 is 5.69 Å². The van der Waals surface area contributed by atoms with Gasteiger partial charge in [0.05, 0.1) is 4.92 Å². The fourth-order valence-corrected chi connectivity index (χ4v) is 2.10. The third kappa shape index (κ3) is 4.99. The zero-order valence-corrected chi connectivity index (χ0v) is 14.4. The number of rotatable bonds is 7. The number of carbonyl (C=O) groups is 1. The maximum atomic E-state index is 11.9. The molecule has 0 saturated carbocycles. The normalized spacial score (nSPS) is 12.8. The van der Waals surface area contributed by atoms with Crippen LogP contribution in [0.2, 0.25) is 0 Å². The predicted molar refractivity (Wildman–Crippen MR) is 88.7 cm³/mol. The average molecular weight is 329 g/mol. The zero-order chi connectivity index (χ0) is 17.0. The lowest BCUT2D eigenvalue weighted by atomic mass is 10.3. The Bertz CT molecular complexity index is 551. The molecule has 0 aromatic heterocycles. The van der Waals surface area contributed by atoms with Crippen LogP contribution in [0.15, 0.2) is 24.3 Å². The summed E-state index contributed by atoms with van der Waals surface area (Å²) in [6, 6.07) is 5.97. The maximum Gasteiger partial charge on any atom is 0.310 e. The molecule has 1 rings (SSSR count). The molecule has 124 valence electrons. The van der Waals surface area contributed by atoms with Crippen LogP contribution in [-0.4, -0.2) is 41.2 Å². The molecule has 0 radical (unpaired) electrons. The fourth-order valence-electron chi connectivity index (χ4n) is 1.32. The van der Waals surface area contributed by atoms with E-state index in [1.807, 2.05) is 12.5 Å². The van der Waals surface area contributed by atoms with Crippen molar-refractivity contribution in [2.45, 2.75) is 25.5 Å². The molecule has 0 aliphatic carbocycles. The number of nitro benzene ring substituents is 1. The van der Waals surface area contributed by atoms with Gasteiger partial charge in [0.25, 0.3) is 0 Å². The smallest absolute Gasteiger partial charge is 0.310 e. The second kappa shape index (κ2) is 7.11. The summed E-state index contributed by atoms with van der Waals surface area (Å²) < 4.78 is 11.0. The standard InChI is InChI=1S/C15H23NO5S/c1-15(2,3)22(4,5)21-11-12(17)10-20-14-9-7-6-8-13(14)16(18)19/h6-9H,10-11H2,1-5H3. The highest BCUT2D eigenvalue weighted by atomic mass is 32.3. The number of carbonyl (C=O) groups excluding carboxylic acids is 1. The van der Waals surface area contributed by atoms with Crippen molar-refractivity contribution in [2.24, 2.45) is 0 Å². The van der Waals surface area contributed by atoms with E-state index in [1.165, 1.54) is 12.1 Å². The molecule has 1 aromatic rings. The lowest BCUT2D eigenvalue weighted by molar-refractivity contribution is -0.385. The molecule has 0 bridgehead atoms. The number of hydrogen-bond acceptors (Lipinski definition) is 5. The first-order valence-corrected chi connectivity index (χ1v) is 9.17. The van der Waals surface area contributed by atoms with Crippen molar-refractivity contribution in [2.75, 3.05) is 25.7 Å². The van der Waals surface area contributed by atoms with E-state index in [1.54, 1.807) is 12.1 Å². The second-order valence-electron chi connectivity index (χ2n) is 6.16. The number of ketones is 1. The van der Waals surface area contributed by atoms with Crippen molar-refractivity contribution < 1.29 is 18.6 Å². The second-order valence-corrected chi connectivity index (χ2v) is 10.1. The molecule has 0 fully saturated rings. The monoisotopic (exact) mass is 329 g/mol. The van der Waals surface area contributed by atoms with E-state index in [4.69, 9.17) is 8.92 Å². The molecule has 1 aromatic carbocycles. The summed E-state index contributed by atoms with van der Waals surface area (Å²) in [7, 11) is -1.38. The van der Waals surface area contributed by atoms with Crippen LogP contribution in [0.4, 0.5) is 5.69 Å². The summed E-state index contributed by atoms with van der Waals surface area (Å²) in [4.78, 5) is 22.2. The van der Waals surface area contributed by atoms with Gasteiger partial charge in [0.15, 0.2) is 11.5 Å². The number of para-hydroxylation sites is 2. The Morgan fingerprint density at radius 1 is 1.23 bits per heavy atom. The van der Waals surface area contributed by atoms with Crippen molar-refractivity contribution in [1.82, 2.24) is 0 Å². The Balaban J connectivity index is 2.56. The van der Waals surface area contributed by atoms with Gasteiger partial charge in [-0.3, -0.25) is 14.9 Å². The average Bonchev–Trinajstić information content (AvgIpc) is 2.42. The molecule has 0 spiro atoms. The van der Waals surface area contributed by atoms with Gasteiger partial charge in [-0.25, -0.2) is 0 Å². The van der Waals surface area contributed by atoms with E-state index in [0.29, 0.717) is 0 Å². The minimum absolute atomic E-state index is 0.0354. The molecular weight excluding hydrogens is 306 g/mol. The highest BCUT2D eigenvalue weighted by Crippen LogP contribution is 2.53. The Morgan fingerprint density at radius 2 is 1.82 bits per heavy atom. The van der Waals surface area contributed by atoms with Crippen LogP contribution in [0, 0.1) is 10.1 Å². The van der Waals surface area contributed by atoms with Crippen molar-refractivity contribution in [3.8, 4) is 5.75 Å². The quantitative estimate of drug-likeness (QED) is 0.566. The Kier molecular flexibility index (Phi) is 5.96. The van der Waals surface area contributed by atoms with Gasteiger partial charge in [-0.15, -0.1) is 10.3 Å². The minimum Gasteiger partial charge on any atom is -0.479 e. The highest BCUT2D eigenvalue weighted by molar-refractivity contribution is 8.29. The number of Topliss-reactive ketones (excluding diaryl/α,β-unsaturated/α-hetero) is 1. The summed E-state index contributed by atoms with van der Waals surface area (Å²) in [5.41, 5.74) is -0.156. The SMILES string of the molecule is CC(C)(C)S(C)(C)OCC(=O)COc1ccccc1[N+](=O)[O-]. The summed E-state index contributed by atoms with van der Waals surface area (Å²) in [6.45, 7) is 5.90. The van der Waals surface area contributed by atoms with E-state index < -0.39 is 15.2 Å². The van der Waals surface area contributed by atoms with Gasteiger partial charge in [-0.2, -0.15) is 0 Å². The van der Waals surface area contributed by atoms with Crippen molar-refractivity contribution >= 4 is 21.8 Å². The van der Waals surface area contributed by atoms with Crippen molar-refractivity contribution in [3.63, 3.8) is 0 Å². The molecule has 7 heteroatoms. The van der Waals surface area contributed by atoms with E-state index in [2.05, 4.69) is 20.8 Å². The Labute approximate surface area is 132 Å². The van der Waals surface area contributed by atoms with Crippen LogP contribution in [0.1, 0.15) is 20.8 Å². The zero-order valence-electron chi connectivity index (χ0n) is 13.6. The fraction of sp³-hybridized carbons (Fsp3) is 0.533. The van der Waals surface area contributed by atoms with E-state index in [-0.39, 0.29) is 35.2 Å². The molecule has 0 amide bonds. The van der Waals surface area contributed by atoms with Crippen LogP contribution < -0.4 is 4.74 Å². The number of nitro groups is 1. The molecule has 0 aliphatic heterocycles. The first-order chi connectivity index (χ1) is 10.0. The topological polar surface area (TPSA) is 78.7 Å². The summed E-state index contributed by atoms with van der Waals surface area (Å²) in [5, 5.41) is 10.9. The number of hydrogen-bond donors (Lipinski definition) is 0. The molecule has 0 heterocycles. The highest BCUT2D eigenvalue weighted by Gasteiger charge is 2.29. The summed E-state index contributed by atoms with van der Waals surface area (Å²) in [6.07, 6.45) is 4.01. The molecule has 0 atom stereocenters. The van der Waals surface area contributed by atoms with Crippen LogP contribution >= 0.6 is 10.3 Å². The number of nitrogens with zero attached hydrogens (tertiary/aromatic N) is 1. The van der Waals surface area contributed by atoms with E-state index in [0.717, 1.165) is 0 Å². The largest absolute Gasteiger partial charge is 0.479 e. The van der Waals surface area contributed by atoms with Gasteiger partial charge in [0, 0.05) is 10.8 Å². The van der Waals surface area contributed by atoms with Gasteiger partial charge < -0.3 is 8.92 Å². The number of benzene rings is 1. The van der Waals surface area contributed by atoms with Crippen molar-refractivity contribution in [3.05, 3.63) is 34.4 Å². The Morgan fingerprint density at radius 3 is 2.36 bits per heavy atom. The van der Waals surface area contributed by atoms with Gasteiger partial charge in [0.1, 0.15) is 13.2 Å². The number of ether oxygens (including phenoxy) is 1. The minimum atomic E-state index is -1.38. The van der Waals surface area contributed by atoms with Gasteiger partial charge in [0.2, 0.25) is 0 Å². The van der Waals surface area contributed by atoms with Crippen LogP contribution in [0.25, 0.3) is 0 Å². The van der Waals surface area contributed by atoms with Crippen molar-refractivity contribution in [1.29, 1.82) is 0 Å². The maximum absolute atomic E-state index is 11.9. The van der Waals surface area contributed by atoms with Gasteiger partial charge in [-0.05, 0) is 18.6 Å².